The van der Waals surface area contributed by atoms with Gasteiger partial charge in [0.05, 0.1) is 12.8 Å². The first-order valence-electron chi connectivity index (χ1n) is 6.89. The van der Waals surface area contributed by atoms with Crippen LogP contribution in [0, 0.1) is 12.3 Å². The molecule has 106 valence electrons. The van der Waals surface area contributed by atoms with Crippen molar-refractivity contribution in [3.05, 3.63) is 23.5 Å². The minimum Gasteiger partial charge on any atom is -0.497 e. The van der Waals surface area contributed by atoms with Crippen molar-refractivity contribution in [3.63, 3.8) is 0 Å². The van der Waals surface area contributed by atoms with Gasteiger partial charge in [-0.15, -0.1) is 0 Å². The summed E-state index contributed by atoms with van der Waals surface area (Å²) in [6, 6.07) is 3.94. The molecule has 1 N–H and O–H groups in total. The Labute approximate surface area is 115 Å². The highest BCUT2D eigenvalue weighted by atomic mass is 16.5. The van der Waals surface area contributed by atoms with E-state index in [9.17, 15) is 0 Å². The van der Waals surface area contributed by atoms with Gasteiger partial charge in [0.15, 0.2) is 0 Å². The van der Waals surface area contributed by atoms with E-state index >= 15 is 0 Å². The van der Waals surface area contributed by atoms with E-state index in [2.05, 4.69) is 10.3 Å². The summed E-state index contributed by atoms with van der Waals surface area (Å²) in [5.41, 5.74) is 2.51. The van der Waals surface area contributed by atoms with Crippen molar-refractivity contribution >= 4 is 0 Å². The topological polar surface area (TPSA) is 43.4 Å². The Morgan fingerprint density at radius 3 is 2.74 bits per heavy atom. The Balaban J connectivity index is 1.81. The number of nitrogens with zero attached hydrogens (tertiary/aromatic N) is 1. The lowest BCUT2D eigenvalue weighted by Crippen LogP contribution is -2.25. The summed E-state index contributed by atoms with van der Waals surface area (Å²) in [5, 5.41) is 3.52. The zero-order valence-electron chi connectivity index (χ0n) is 12.2. The minimum absolute atomic E-state index is 0.476. The molecule has 19 heavy (non-hydrogen) atoms. The average molecular weight is 264 g/mol. The Morgan fingerprint density at radius 1 is 1.32 bits per heavy atom. The number of hydrogen-bond acceptors (Lipinski definition) is 4. The molecule has 4 heteroatoms. The number of methoxy groups -OCH3 is 2. The molecular formula is C15H24N2O2. The van der Waals surface area contributed by atoms with Crippen LogP contribution in [-0.4, -0.2) is 32.4 Å². The molecule has 0 spiro atoms. The Morgan fingerprint density at radius 2 is 2.11 bits per heavy atom. The van der Waals surface area contributed by atoms with E-state index in [0.717, 1.165) is 43.3 Å². The van der Waals surface area contributed by atoms with Gasteiger partial charge in [0.25, 0.3) is 0 Å². The third-order valence-electron chi connectivity index (χ3n) is 3.82. The highest BCUT2D eigenvalue weighted by Crippen LogP contribution is 2.48. The molecule has 0 amide bonds. The van der Waals surface area contributed by atoms with Gasteiger partial charge in [-0.3, -0.25) is 4.98 Å². The third kappa shape index (κ3) is 4.18. The van der Waals surface area contributed by atoms with Crippen molar-refractivity contribution in [3.8, 4) is 5.75 Å². The number of pyridine rings is 1. The maximum Gasteiger partial charge on any atom is 0.122 e. The standard InChI is InChI=1S/C15H24N2O2/c1-12-8-14(19-3)9-13(17-12)10-16-11-15(4-5-15)6-7-18-2/h8-9,16H,4-7,10-11H2,1-3H3. The van der Waals surface area contributed by atoms with Crippen LogP contribution in [0.5, 0.6) is 5.75 Å². The molecule has 0 saturated heterocycles. The van der Waals surface area contributed by atoms with Crippen LogP contribution in [0.4, 0.5) is 0 Å². The van der Waals surface area contributed by atoms with Crippen LogP contribution in [0.3, 0.4) is 0 Å². The van der Waals surface area contributed by atoms with Crippen molar-refractivity contribution in [2.45, 2.75) is 32.7 Å². The first-order chi connectivity index (χ1) is 9.17. The van der Waals surface area contributed by atoms with Crippen molar-refractivity contribution < 1.29 is 9.47 Å². The molecule has 0 aliphatic heterocycles. The van der Waals surface area contributed by atoms with Gasteiger partial charge >= 0.3 is 0 Å². The van der Waals surface area contributed by atoms with Gasteiger partial charge in [0, 0.05) is 44.6 Å². The molecule has 1 fully saturated rings. The maximum absolute atomic E-state index is 5.26. The largest absolute Gasteiger partial charge is 0.497 e. The van der Waals surface area contributed by atoms with Crippen LogP contribution < -0.4 is 10.1 Å². The number of aromatic nitrogens is 1. The summed E-state index contributed by atoms with van der Waals surface area (Å²) in [6.07, 6.45) is 3.78. The molecule has 1 aromatic rings. The molecular weight excluding hydrogens is 240 g/mol. The van der Waals surface area contributed by atoms with Gasteiger partial charge < -0.3 is 14.8 Å². The second kappa shape index (κ2) is 6.35. The number of aryl methyl sites for hydroxylation is 1. The van der Waals surface area contributed by atoms with Gasteiger partial charge in [-0.1, -0.05) is 0 Å². The predicted octanol–water partition coefficient (Wildman–Crippen LogP) is 2.30. The molecule has 0 unspecified atom stereocenters. The molecule has 0 atom stereocenters. The van der Waals surface area contributed by atoms with Gasteiger partial charge in [-0.05, 0) is 31.6 Å². The second-order valence-corrected chi connectivity index (χ2v) is 5.49. The van der Waals surface area contributed by atoms with E-state index in [1.165, 1.54) is 12.8 Å². The highest BCUT2D eigenvalue weighted by Gasteiger charge is 2.41. The zero-order valence-corrected chi connectivity index (χ0v) is 12.2. The van der Waals surface area contributed by atoms with Crippen LogP contribution in [0.15, 0.2) is 12.1 Å². The highest BCUT2D eigenvalue weighted by molar-refractivity contribution is 5.26. The van der Waals surface area contributed by atoms with Crippen LogP contribution >= 0.6 is 0 Å². The molecule has 1 aliphatic carbocycles. The molecule has 2 rings (SSSR count). The van der Waals surface area contributed by atoms with Crippen molar-refractivity contribution in [2.24, 2.45) is 5.41 Å². The number of nitrogens with one attached hydrogen (secondary N) is 1. The first-order valence-corrected chi connectivity index (χ1v) is 6.89. The van der Waals surface area contributed by atoms with E-state index in [1.54, 1.807) is 14.2 Å². The Hall–Kier alpha value is -1.13. The molecule has 1 aromatic heterocycles. The normalized spacial score (nSPS) is 16.4. The smallest absolute Gasteiger partial charge is 0.122 e. The first kappa shape index (κ1) is 14.3. The molecule has 1 heterocycles. The molecule has 1 saturated carbocycles. The van der Waals surface area contributed by atoms with Crippen molar-refractivity contribution in [2.75, 3.05) is 27.4 Å². The predicted molar refractivity (Wildman–Crippen MR) is 75.4 cm³/mol. The fourth-order valence-electron chi connectivity index (χ4n) is 2.38. The summed E-state index contributed by atoms with van der Waals surface area (Å²) in [5.74, 6) is 0.879. The van der Waals surface area contributed by atoms with Gasteiger partial charge in [0.1, 0.15) is 5.75 Å². The van der Waals surface area contributed by atoms with Gasteiger partial charge in [-0.25, -0.2) is 0 Å². The lowest BCUT2D eigenvalue weighted by Gasteiger charge is -2.15. The fraction of sp³-hybridized carbons (Fsp3) is 0.667. The molecule has 1 aliphatic rings. The van der Waals surface area contributed by atoms with Crippen LogP contribution in [0.1, 0.15) is 30.7 Å². The van der Waals surface area contributed by atoms with Crippen LogP contribution in [-0.2, 0) is 11.3 Å². The maximum atomic E-state index is 5.26. The summed E-state index contributed by atoms with van der Waals surface area (Å²) >= 11 is 0. The summed E-state index contributed by atoms with van der Waals surface area (Å²) in [7, 11) is 3.46. The fourth-order valence-corrected chi connectivity index (χ4v) is 2.38. The lowest BCUT2D eigenvalue weighted by molar-refractivity contribution is 0.171. The lowest BCUT2D eigenvalue weighted by atomic mass is 10.0. The van der Waals surface area contributed by atoms with E-state index in [0.29, 0.717) is 5.41 Å². The van der Waals surface area contributed by atoms with Crippen LogP contribution in [0.2, 0.25) is 0 Å². The zero-order chi connectivity index (χ0) is 13.7. The van der Waals surface area contributed by atoms with Gasteiger partial charge in [-0.2, -0.15) is 0 Å². The molecule has 4 nitrogen and oxygen atoms in total. The molecule has 0 radical (unpaired) electrons. The van der Waals surface area contributed by atoms with Crippen molar-refractivity contribution in [1.82, 2.24) is 10.3 Å². The van der Waals surface area contributed by atoms with E-state index in [1.807, 2.05) is 19.1 Å². The average Bonchev–Trinajstić information content (AvgIpc) is 3.16. The Kier molecular flexibility index (Phi) is 4.77. The SMILES string of the molecule is COCCC1(CNCc2cc(OC)cc(C)n2)CC1. The monoisotopic (exact) mass is 264 g/mol. The third-order valence-corrected chi connectivity index (χ3v) is 3.82. The Bertz CT molecular complexity index is 417. The van der Waals surface area contributed by atoms with Gasteiger partial charge in [0.2, 0.25) is 0 Å². The van der Waals surface area contributed by atoms with Crippen molar-refractivity contribution in [1.29, 1.82) is 0 Å². The minimum atomic E-state index is 0.476. The number of ether oxygens (including phenoxy) is 2. The molecule has 0 aromatic carbocycles. The van der Waals surface area contributed by atoms with E-state index < -0.39 is 0 Å². The van der Waals surface area contributed by atoms with E-state index in [-0.39, 0.29) is 0 Å². The van der Waals surface area contributed by atoms with Crippen LogP contribution in [0.25, 0.3) is 0 Å². The van der Waals surface area contributed by atoms with E-state index in [4.69, 9.17) is 9.47 Å². The summed E-state index contributed by atoms with van der Waals surface area (Å²) in [6.45, 7) is 4.70. The summed E-state index contributed by atoms with van der Waals surface area (Å²) in [4.78, 5) is 4.52. The quantitative estimate of drug-likeness (QED) is 0.782. The number of hydrogen-bond donors (Lipinski definition) is 1. The summed E-state index contributed by atoms with van der Waals surface area (Å²) < 4.78 is 10.4. The second-order valence-electron chi connectivity index (χ2n) is 5.49. The molecule has 0 bridgehead atoms. The number of rotatable bonds is 8.